The molecule has 0 unspecified atom stereocenters. The van der Waals surface area contributed by atoms with Gasteiger partial charge < -0.3 is 4.74 Å². The van der Waals surface area contributed by atoms with E-state index in [-0.39, 0.29) is 5.78 Å². The van der Waals surface area contributed by atoms with Crippen LogP contribution in [0.2, 0.25) is 0 Å². The van der Waals surface area contributed by atoms with Crippen LogP contribution in [0.25, 0.3) is 0 Å². The van der Waals surface area contributed by atoms with E-state index >= 15 is 0 Å². The van der Waals surface area contributed by atoms with E-state index in [2.05, 4.69) is 6.58 Å². The molecule has 0 amide bonds. The lowest BCUT2D eigenvalue weighted by molar-refractivity contribution is -0.249. The summed E-state index contributed by atoms with van der Waals surface area (Å²) in [6, 6.07) is 0. The molecule has 1 rings (SSSR count). The van der Waals surface area contributed by atoms with Gasteiger partial charge in [0.25, 0.3) is 0 Å². The Morgan fingerprint density at radius 3 is 1.74 bits per heavy atom. The zero-order valence-corrected chi connectivity index (χ0v) is 12.8. The Kier molecular flexibility index (Phi) is 4.28. The first-order chi connectivity index (χ1) is 8.85. The molecule has 1 saturated carbocycles. The molecule has 0 radical (unpaired) electrons. The molecule has 108 valence electrons. The number of Topliss-reactive ketones (excluding diaryl/α,β-unsaturated/α-hetero) is 1. The minimum absolute atomic E-state index is 0.259. The summed E-state index contributed by atoms with van der Waals surface area (Å²) < 4.78 is 5.71. The molecule has 0 spiro atoms. The van der Waals surface area contributed by atoms with Gasteiger partial charge in [-0.25, -0.2) is 4.79 Å². The van der Waals surface area contributed by atoms with E-state index in [1.165, 1.54) is 6.08 Å². The van der Waals surface area contributed by atoms with E-state index in [4.69, 9.17) is 4.74 Å². The highest BCUT2D eigenvalue weighted by Gasteiger charge is 2.77. The third kappa shape index (κ3) is 1.63. The Bertz CT molecular complexity index is 365. The van der Waals surface area contributed by atoms with Gasteiger partial charge in [0.2, 0.25) is 0 Å². The Morgan fingerprint density at radius 1 is 1.11 bits per heavy atom. The fraction of sp³-hybridized carbons (Fsp3) is 0.750. The maximum absolute atomic E-state index is 12.8. The molecule has 1 aliphatic rings. The summed E-state index contributed by atoms with van der Waals surface area (Å²) in [4.78, 5) is 24.5. The molecule has 0 N–H and O–H groups in total. The van der Waals surface area contributed by atoms with Crippen LogP contribution in [-0.4, -0.2) is 17.4 Å². The molecule has 19 heavy (non-hydrogen) atoms. The molecule has 1 fully saturated rings. The summed E-state index contributed by atoms with van der Waals surface area (Å²) >= 11 is 0. The second-order valence-corrected chi connectivity index (χ2v) is 5.57. The molecular weight excluding hydrogens is 240 g/mol. The summed E-state index contributed by atoms with van der Waals surface area (Å²) in [7, 11) is 0. The quantitative estimate of drug-likeness (QED) is 0.544. The number of esters is 1. The van der Waals surface area contributed by atoms with Crippen molar-refractivity contribution >= 4 is 11.8 Å². The summed E-state index contributed by atoms with van der Waals surface area (Å²) in [6.45, 7) is 13.4. The zero-order valence-electron chi connectivity index (χ0n) is 12.8. The van der Waals surface area contributed by atoms with Crippen molar-refractivity contribution in [3.63, 3.8) is 0 Å². The highest BCUT2D eigenvalue weighted by molar-refractivity contribution is 6.01. The minimum atomic E-state index is -0.727. The number of rotatable bonds is 6. The number of hydrogen-bond donors (Lipinski definition) is 0. The number of carbonyl (C=O) groups excluding carboxylic acids is 2. The Hall–Kier alpha value is -1.12. The molecule has 0 aromatic carbocycles. The van der Waals surface area contributed by atoms with Gasteiger partial charge in [-0.3, -0.25) is 4.79 Å². The molecule has 0 aliphatic heterocycles. The molecule has 0 bridgehead atoms. The molecule has 3 heteroatoms. The van der Waals surface area contributed by atoms with Crippen molar-refractivity contribution in [2.75, 3.05) is 0 Å². The number of ether oxygens (including phenoxy) is 1. The Balaban J connectivity index is 3.34. The summed E-state index contributed by atoms with van der Waals surface area (Å²) in [5.41, 5.74) is -1.81. The van der Waals surface area contributed by atoms with Crippen molar-refractivity contribution in [1.82, 2.24) is 0 Å². The number of carbonyl (C=O) groups is 2. The smallest absolute Gasteiger partial charge is 0.330 e. The minimum Gasteiger partial charge on any atom is -0.454 e. The molecular formula is C16H26O3. The predicted octanol–water partition coefficient (Wildman–Crippen LogP) is 3.67. The van der Waals surface area contributed by atoms with Gasteiger partial charge >= 0.3 is 5.97 Å². The predicted molar refractivity (Wildman–Crippen MR) is 75.7 cm³/mol. The Labute approximate surface area is 116 Å². The van der Waals surface area contributed by atoms with Gasteiger partial charge in [0, 0.05) is 6.08 Å². The standard InChI is InChI=1S/C16H26O3/c1-7-12(17)19-14(6)15(8-2,9-3)13(18)16(14,10-4)11-5/h7H,1,8-11H2,2-6H3. The van der Waals surface area contributed by atoms with Gasteiger partial charge in [-0.15, -0.1) is 0 Å². The van der Waals surface area contributed by atoms with E-state index in [1.807, 2.05) is 34.6 Å². The van der Waals surface area contributed by atoms with Crippen molar-refractivity contribution in [3.8, 4) is 0 Å². The van der Waals surface area contributed by atoms with Gasteiger partial charge in [0.05, 0.1) is 10.8 Å². The van der Waals surface area contributed by atoms with Crippen molar-refractivity contribution < 1.29 is 14.3 Å². The lowest BCUT2D eigenvalue weighted by Crippen LogP contribution is -2.77. The van der Waals surface area contributed by atoms with Crippen LogP contribution in [0.3, 0.4) is 0 Å². The van der Waals surface area contributed by atoms with Crippen molar-refractivity contribution in [1.29, 1.82) is 0 Å². The van der Waals surface area contributed by atoms with Gasteiger partial charge in [0.15, 0.2) is 5.78 Å². The average Bonchev–Trinajstić information content (AvgIpc) is 2.41. The van der Waals surface area contributed by atoms with Gasteiger partial charge in [0.1, 0.15) is 5.60 Å². The second-order valence-electron chi connectivity index (χ2n) is 5.57. The van der Waals surface area contributed by atoms with Crippen molar-refractivity contribution in [2.24, 2.45) is 10.8 Å². The maximum atomic E-state index is 12.8. The van der Waals surface area contributed by atoms with Crippen LogP contribution in [0.4, 0.5) is 0 Å². The zero-order chi connectivity index (χ0) is 14.9. The SMILES string of the molecule is C=CC(=O)OC1(C)C(CC)(CC)C(=O)C1(CC)CC. The van der Waals surface area contributed by atoms with Crippen molar-refractivity contribution in [3.05, 3.63) is 12.7 Å². The van der Waals surface area contributed by atoms with Crippen LogP contribution in [0.1, 0.15) is 60.3 Å². The second kappa shape index (κ2) is 5.10. The van der Waals surface area contributed by atoms with Crippen LogP contribution in [0.5, 0.6) is 0 Å². The summed E-state index contributed by atoms with van der Waals surface area (Å²) in [5.74, 6) is -0.179. The fourth-order valence-electron chi connectivity index (χ4n) is 4.22. The normalized spacial score (nSPS) is 22.5. The van der Waals surface area contributed by atoms with Crippen molar-refractivity contribution in [2.45, 2.75) is 65.9 Å². The molecule has 0 aromatic heterocycles. The first-order valence-corrected chi connectivity index (χ1v) is 7.26. The molecule has 3 nitrogen and oxygen atoms in total. The van der Waals surface area contributed by atoms with E-state index in [0.717, 1.165) is 0 Å². The van der Waals surface area contributed by atoms with Crippen LogP contribution in [0, 0.1) is 10.8 Å². The molecule has 0 atom stereocenters. The topological polar surface area (TPSA) is 43.4 Å². The Morgan fingerprint density at radius 2 is 1.47 bits per heavy atom. The van der Waals surface area contributed by atoms with Gasteiger partial charge in [-0.05, 0) is 32.6 Å². The highest BCUT2D eigenvalue weighted by Crippen LogP contribution is 2.67. The van der Waals surface area contributed by atoms with Crippen LogP contribution in [-0.2, 0) is 14.3 Å². The van der Waals surface area contributed by atoms with E-state index in [0.29, 0.717) is 25.7 Å². The molecule has 1 aliphatic carbocycles. The van der Waals surface area contributed by atoms with Gasteiger partial charge in [-0.1, -0.05) is 34.3 Å². The lowest BCUT2D eigenvalue weighted by atomic mass is 9.38. The number of ketones is 1. The van der Waals surface area contributed by atoms with E-state index < -0.39 is 22.4 Å². The maximum Gasteiger partial charge on any atom is 0.330 e. The highest BCUT2D eigenvalue weighted by atomic mass is 16.6. The van der Waals surface area contributed by atoms with Crippen LogP contribution in [0.15, 0.2) is 12.7 Å². The monoisotopic (exact) mass is 266 g/mol. The fourth-order valence-corrected chi connectivity index (χ4v) is 4.22. The lowest BCUT2D eigenvalue weighted by Gasteiger charge is -2.66. The van der Waals surface area contributed by atoms with Crippen LogP contribution < -0.4 is 0 Å². The first-order valence-electron chi connectivity index (χ1n) is 7.26. The first kappa shape index (κ1) is 15.9. The van der Waals surface area contributed by atoms with E-state index in [9.17, 15) is 9.59 Å². The molecule has 0 saturated heterocycles. The third-order valence-electron chi connectivity index (χ3n) is 5.58. The summed E-state index contributed by atoms with van der Waals surface area (Å²) in [5, 5.41) is 0. The van der Waals surface area contributed by atoms with Crippen LogP contribution >= 0.6 is 0 Å². The summed E-state index contributed by atoms with van der Waals surface area (Å²) in [6.07, 6.45) is 3.98. The number of hydrogen-bond acceptors (Lipinski definition) is 3. The molecule has 0 aromatic rings. The van der Waals surface area contributed by atoms with E-state index in [1.54, 1.807) is 0 Å². The largest absolute Gasteiger partial charge is 0.454 e. The average molecular weight is 266 g/mol. The van der Waals surface area contributed by atoms with Gasteiger partial charge in [-0.2, -0.15) is 0 Å². The third-order valence-corrected chi connectivity index (χ3v) is 5.58. The molecule has 0 heterocycles.